The van der Waals surface area contributed by atoms with Crippen LogP contribution in [0.2, 0.25) is 0 Å². The first kappa shape index (κ1) is 14.3. The second kappa shape index (κ2) is 6.39. The summed E-state index contributed by atoms with van der Waals surface area (Å²) in [6.07, 6.45) is 0.777. The van der Waals surface area contributed by atoms with Crippen LogP contribution in [0.25, 0.3) is 0 Å². The van der Waals surface area contributed by atoms with Crippen molar-refractivity contribution >= 4 is 0 Å². The predicted molar refractivity (Wildman–Crippen MR) is 76.2 cm³/mol. The number of halogens is 1. The molecule has 0 aromatic heterocycles. The molecule has 0 heterocycles. The average molecular weight is 275 g/mol. The fourth-order valence-electron chi connectivity index (χ4n) is 2.03. The van der Waals surface area contributed by atoms with E-state index in [9.17, 15) is 14.6 Å². The van der Waals surface area contributed by atoms with Crippen molar-refractivity contribution < 1.29 is 14.6 Å². The van der Waals surface area contributed by atoms with Gasteiger partial charge in [0.25, 0.3) is 0 Å². The summed E-state index contributed by atoms with van der Waals surface area (Å²) in [5, 5.41) is 22.2. The average Bonchev–Trinajstić information content (AvgIpc) is 2.40. The van der Waals surface area contributed by atoms with Crippen LogP contribution in [-0.4, -0.2) is 16.3 Å². The second-order valence-electron chi connectivity index (χ2n) is 4.93. The summed E-state index contributed by atoms with van der Waals surface area (Å²) >= 11 is 0. The molecule has 20 heavy (non-hydrogen) atoms. The topological polar surface area (TPSA) is 52.5 Å². The first-order valence-corrected chi connectivity index (χ1v) is 6.53. The molecular formula is C16H18FNO2. The van der Waals surface area contributed by atoms with Crippen LogP contribution in [0.15, 0.2) is 42.5 Å². The zero-order valence-corrected chi connectivity index (χ0v) is 11.3. The molecular weight excluding hydrogens is 257 g/mol. The van der Waals surface area contributed by atoms with Crippen molar-refractivity contribution in [1.29, 1.82) is 0 Å². The van der Waals surface area contributed by atoms with E-state index in [1.807, 2.05) is 6.92 Å². The Morgan fingerprint density at radius 1 is 1.10 bits per heavy atom. The highest BCUT2D eigenvalue weighted by Crippen LogP contribution is 2.22. The molecule has 3 N–H and O–H groups in total. The molecule has 0 amide bonds. The fourth-order valence-corrected chi connectivity index (χ4v) is 2.03. The molecule has 3 nitrogen and oxygen atoms in total. The van der Waals surface area contributed by atoms with Gasteiger partial charge >= 0.3 is 0 Å². The van der Waals surface area contributed by atoms with Crippen molar-refractivity contribution in [3.63, 3.8) is 0 Å². The Bertz CT molecular complexity index is 569. The summed E-state index contributed by atoms with van der Waals surface area (Å²) in [4.78, 5) is 0. The minimum Gasteiger partial charge on any atom is -0.508 e. The van der Waals surface area contributed by atoms with E-state index in [0.29, 0.717) is 6.54 Å². The number of hydrogen-bond donors (Lipinski definition) is 3. The first-order chi connectivity index (χ1) is 9.54. The Kier molecular flexibility index (Phi) is 4.58. The normalized spacial score (nSPS) is 12.3. The van der Waals surface area contributed by atoms with Crippen LogP contribution >= 0.6 is 0 Å². The molecule has 2 rings (SSSR count). The van der Waals surface area contributed by atoms with Crippen LogP contribution in [0.5, 0.6) is 11.5 Å². The summed E-state index contributed by atoms with van der Waals surface area (Å²) in [7, 11) is 0. The van der Waals surface area contributed by atoms with Gasteiger partial charge in [-0.2, -0.15) is 0 Å². The standard InChI is InChI=1S/C16H18FNO2/c1-11(8-12-2-5-14(17)6-3-12)18-10-13-4-7-15(19)9-16(13)20/h2-7,9,11,18-20H,8,10H2,1H3. The van der Waals surface area contributed by atoms with Gasteiger partial charge in [-0.15, -0.1) is 0 Å². The summed E-state index contributed by atoms with van der Waals surface area (Å²) in [5.41, 5.74) is 1.79. The van der Waals surface area contributed by atoms with E-state index in [-0.39, 0.29) is 23.4 Å². The van der Waals surface area contributed by atoms with Gasteiger partial charge in [0.15, 0.2) is 0 Å². The third-order valence-corrected chi connectivity index (χ3v) is 3.17. The molecule has 0 saturated carbocycles. The van der Waals surface area contributed by atoms with Gasteiger partial charge < -0.3 is 15.5 Å². The molecule has 2 aromatic rings. The highest BCUT2D eigenvalue weighted by Gasteiger charge is 2.06. The van der Waals surface area contributed by atoms with Crippen molar-refractivity contribution in [2.24, 2.45) is 0 Å². The van der Waals surface area contributed by atoms with Gasteiger partial charge in [-0.05, 0) is 37.1 Å². The van der Waals surface area contributed by atoms with E-state index in [2.05, 4.69) is 5.32 Å². The van der Waals surface area contributed by atoms with Gasteiger partial charge in [0.2, 0.25) is 0 Å². The monoisotopic (exact) mass is 275 g/mol. The largest absolute Gasteiger partial charge is 0.508 e. The van der Waals surface area contributed by atoms with Gasteiger partial charge in [-0.25, -0.2) is 4.39 Å². The van der Waals surface area contributed by atoms with E-state index in [1.165, 1.54) is 18.2 Å². The zero-order valence-electron chi connectivity index (χ0n) is 11.3. The van der Waals surface area contributed by atoms with Crippen molar-refractivity contribution in [2.45, 2.75) is 25.9 Å². The first-order valence-electron chi connectivity index (χ1n) is 6.53. The smallest absolute Gasteiger partial charge is 0.123 e. The minimum absolute atomic E-state index is 0.0469. The van der Waals surface area contributed by atoms with Crippen molar-refractivity contribution in [3.05, 3.63) is 59.4 Å². The fraction of sp³-hybridized carbons (Fsp3) is 0.250. The van der Waals surface area contributed by atoms with E-state index in [1.54, 1.807) is 24.3 Å². The molecule has 0 aliphatic rings. The maximum atomic E-state index is 12.8. The SMILES string of the molecule is CC(Cc1ccc(F)cc1)NCc1ccc(O)cc1O. The van der Waals surface area contributed by atoms with Crippen molar-refractivity contribution in [2.75, 3.05) is 0 Å². The Hall–Kier alpha value is -2.07. The van der Waals surface area contributed by atoms with Crippen LogP contribution in [0.4, 0.5) is 4.39 Å². The van der Waals surface area contributed by atoms with Crippen LogP contribution in [0, 0.1) is 5.82 Å². The number of rotatable bonds is 5. The molecule has 0 fully saturated rings. The molecule has 0 radical (unpaired) electrons. The number of aromatic hydroxyl groups is 2. The van der Waals surface area contributed by atoms with Crippen molar-refractivity contribution in [3.8, 4) is 11.5 Å². The number of benzene rings is 2. The maximum Gasteiger partial charge on any atom is 0.123 e. The molecule has 0 spiro atoms. The number of hydrogen-bond acceptors (Lipinski definition) is 3. The van der Waals surface area contributed by atoms with Gasteiger partial charge in [-0.1, -0.05) is 18.2 Å². The Morgan fingerprint density at radius 2 is 1.80 bits per heavy atom. The van der Waals surface area contributed by atoms with E-state index in [0.717, 1.165) is 17.5 Å². The lowest BCUT2D eigenvalue weighted by atomic mass is 10.1. The van der Waals surface area contributed by atoms with Crippen LogP contribution < -0.4 is 5.32 Å². The number of phenols is 2. The van der Waals surface area contributed by atoms with Crippen LogP contribution in [0.3, 0.4) is 0 Å². The zero-order chi connectivity index (χ0) is 14.5. The Morgan fingerprint density at radius 3 is 2.45 bits per heavy atom. The summed E-state index contributed by atoms with van der Waals surface area (Å²) in [5.74, 6) is -0.111. The predicted octanol–water partition coefficient (Wildman–Crippen LogP) is 2.96. The highest BCUT2D eigenvalue weighted by atomic mass is 19.1. The lowest BCUT2D eigenvalue weighted by Crippen LogP contribution is -2.27. The maximum absolute atomic E-state index is 12.8. The summed E-state index contributed by atoms with van der Waals surface area (Å²) in [6.45, 7) is 2.54. The minimum atomic E-state index is -0.233. The lowest BCUT2D eigenvalue weighted by molar-refractivity contribution is 0.440. The number of nitrogens with one attached hydrogen (secondary N) is 1. The van der Waals surface area contributed by atoms with Crippen LogP contribution in [-0.2, 0) is 13.0 Å². The Labute approximate surface area is 117 Å². The quantitative estimate of drug-likeness (QED) is 0.786. The van der Waals surface area contributed by atoms with Crippen LogP contribution in [0.1, 0.15) is 18.1 Å². The van der Waals surface area contributed by atoms with Gasteiger partial charge in [0.1, 0.15) is 17.3 Å². The van der Waals surface area contributed by atoms with Gasteiger partial charge in [-0.3, -0.25) is 0 Å². The van der Waals surface area contributed by atoms with Gasteiger partial charge in [0.05, 0.1) is 0 Å². The van der Waals surface area contributed by atoms with E-state index >= 15 is 0 Å². The lowest BCUT2D eigenvalue weighted by Gasteiger charge is -2.14. The van der Waals surface area contributed by atoms with E-state index < -0.39 is 0 Å². The molecule has 0 aliphatic carbocycles. The van der Waals surface area contributed by atoms with Gasteiger partial charge in [0, 0.05) is 24.2 Å². The Balaban J connectivity index is 1.88. The molecule has 1 unspecified atom stereocenters. The number of phenolic OH excluding ortho intramolecular Hbond substituents is 2. The third kappa shape index (κ3) is 3.96. The van der Waals surface area contributed by atoms with E-state index in [4.69, 9.17) is 0 Å². The third-order valence-electron chi connectivity index (χ3n) is 3.17. The molecule has 2 aromatic carbocycles. The molecule has 1 atom stereocenters. The summed E-state index contributed by atoms with van der Waals surface area (Å²) < 4.78 is 12.8. The molecule has 4 heteroatoms. The molecule has 106 valence electrons. The summed E-state index contributed by atoms with van der Waals surface area (Å²) in [6, 6.07) is 11.2. The highest BCUT2D eigenvalue weighted by molar-refractivity contribution is 5.38. The second-order valence-corrected chi connectivity index (χ2v) is 4.93. The van der Waals surface area contributed by atoms with Crippen molar-refractivity contribution in [1.82, 2.24) is 5.32 Å². The molecule has 0 aliphatic heterocycles. The molecule has 0 bridgehead atoms. The molecule has 0 saturated heterocycles.